The van der Waals surface area contributed by atoms with Crippen LogP contribution in [0.15, 0.2) is 23.3 Å². The summed E-state index contributed by atoms with van der Waals surface area (Å²) in [5, 5.41) is 2.04. The number of nitrogens with one attached hydrogen (secondary N) is 1. The maximum absolute atomic E-state index is 3.25. The Labute approximate surface area is 66.7 Å². The molecule has 0 aliphatic carbocycles. The molecule has 1 rings (SSSR count). The summed E-state index contributed by atoms with van der Waals surface area (Å²) in [6, 6.07) is 0. The Morgan fingerprint density at radius 2 is 2.10 bits per heavy atom. The van der Waals surface area contributed by atoms with E-state index in [1.165, 1.54) is 5.70 Å². The summed E-state index contributed by atoms with van der Waals surface area (Å²) < 4.78 is 3.25. The van der Waals surface area contributed by atoms with Crippen LogP contribution in [0.1, 0.15) is 20.8 Å². The van der Waals surface area contributed by atoms with Gasteiger partial charge in [-0.25, -0.2) is 0 Å². The highest BCUT2D eigenvalue weighted by Crippen LogP contribution is 2.26. The molecule has 10 heavy (non-hydrogen) atoms. The molecule has 0 radical (unpaired) electrons. The third-order valence-corrected chi connectivity index (χ3v) is 2.02. The van der Waals surface area contributed by atoms with E-state index in [1.54, 1.807) is 11.9 Å². The zero-order chi connectivity index (χ0) is 7.61. The molecule has 1 nitrogen and oxygen atoms in total. The second-order valence-corrected chi connectivity index (χ2v) is 4.09. The van der Waals surface area contributed by atoms with Crippen molar-refractivity contribution >= 4 is 11.9 Å². The minimum atomic E-state index is 0.248. The van der Waals surface area contributed by atoms with E-state index in [2.05, 4.69) is 37.6 Å². The molecule has 0 amide bonds. The first-order valence-corrected chi connectivity index (χ1v) is 4.27. The first-order valence-electron chi connectivity index (χ1n) is 3.40. The summed E-state index contributed by atoms with van der Waals surface area (Å²) in [5.74, 6) is 0. The predicted octanol–water partition coefficient (Wildman–Crippen LogP) is 2.68. The van der Waals surface area contributed by atoms with Crippen LogP contribution in [0.3, 0.4) is 0 Å². The quantitative estimate of drug-likeness (QED) is 0.540. The van der Waals surface area contributed by atoms with Crippen molar-refractivity contribution < 1.29 is 0 Å². The molecule has 0 aromatic rings. The van der Waals surface area contributed by atoms with Gasteiger partial charge in [0.1, 0.15) is 0 Å². The van der Waals surface area contributed by atoms with E-state index < -0.39 is 0 Å². The molecule has 1 heterocycles. The summed E-state index contributed by atoms with van der Waals surface area (Å²) in [7, 11) is 0. The van der Waals surface area contributed by atoms with E-state index in [-0.39, 0.29) is 5.41 Å². The molecule has 2 heteroatoms. The van der Waals surface area contributed by atoms with Crippen molar-refractivity contribution in [3.05, 3.63) is 23.3 Å². The average molecular weight is 155 g/mol. The lowest BCUT2D eigenvalue weighted by Crippen LogP contribution is -2.19. The van der Waals surface area contributed by atoms with E-state index in [0.29, 0.717) is 0 Å². The molecule has 1 aliphatic rings. The van der Waals surface area contributed by atoms with Gasteiger partial charge in [-0.2, -0.15) is 0 Å². The first-order chi connectivity index (χ1) is 4.61. The summed E-state index contributed by atoms with van der Waals surface area (Å²) in [4.78, 5) is 0. The second-order valence-electron chi connectivity index (χ2n) is 3.38. The Morgan fingerprint density at radius 1 is 1.40 bits per heavy atom. The monoisotopic (exact) mass is 155 g/mol. The van der Waals surface area contributed by atoms with Gasteiger partial charge < -0.3 is 4.72 Å². The third kappa shape index (κ3) is 1.81. The topological polar surface area (TPSA) is 12.0 Å². The highest BCUT2D eigenvalue weighted by molar-refractivity contribution is 8.00. The number of rotatable bonds is 0. The number of hydrogen-bond acceptors (Lipinski definition) is 2. The predicted molar refractivity (Wildman–Crippen MR) is 47.4 cm³/mol. The van der Waals surface area contributed by atoms with Crippen molar-refractivity contribution in [1.82, 2.24) is 4.72 Å². The van der Waals surface area contributed by atoms with Gasteiger partial charge in [-0.15, -0.1) is 0 Å². The minimum Gasteiger partial charge on any atom is -0.329 e. The van der Waals surface area contributed by atoms with E-state index in [0.717, 1.165) is 0 Å². The van der Waals surface area contributed by atoms with Gasteiger partial charge in [0.25, 0.3) is 0 Å². The summed E-state index contributed by atoms with van der Waals surface area (Å²) in [6.45, 7) is 6.60. The summed E-state index contributed by atoms with van der Waals surface area (Å²) in [5.41, 5.74) is 1.54. The third-order valence-electron chi connectivity index (χ3n) is 1.39. The maximum Gasteiger partial charge on any atom is 0.0267 e. The molecule has 0 fully saturated rings. The second kappa shape index (κ2) is 2.70. The maximum atomic E-state index is 3.25. The molecular formula is C8H13NS. The van der Waals surface area contributed by atoms with E-state index in [4.69, 9.17) is 0 Å². The van der Waals surface area contributed by atoms with Crippen molar-refractivity contribution in [2.45, 2.75) is 20.8 Å². The van der Waals surface area contributed by atoms with E-state index in [1.807, 2.05) is 5.41 Å². The van der Waals surface area contributed by atoms with E-state index in [9.17, 15) is 0 Å². The van der Waals surface area contributed by atoms with Crippen LogP contribution in [0.25, 0.3) is 0 Å². The highest BCUT2D eigenvalue weighted by Gasteiger charge is 2.16. The van der Waals surface area contributed by atoms with Crippen LogP contribution in [-0.4, -0.2) is 0 Å². The van der Waals surface area contributed by atoms with Gasteiger partial charge in [-0.3, -0.25) is 0 Å². The molecule has 0 aromatic carbocycles. The molecular weight excluding hydrogens is 142 g/mol. The Kier molecular flexibility index (Phi) is 2.09. The van der Waals surface area contributed by atoms with Crippen molar-refractivity contribution in [3.8, 4) is 0 Å². The lowest BCUT2D eigenvalue weighted by atomic mass is 9.92. The molecule has 0 bridgehead atoms. The zero-order valence-electron chi connectivity index (χ0n) is 6.64. The summed E-state index contributed by atoms with van der Waals surface area (Å²) >= 11 is 1.63. The standard InChI is InChI=1S/C8H13NS/c1-8(2,3)7-5-4-6-10-9-7/h4-6,9H,1-3H3. The fourth-order valence-electron chi connectivity index (χ4n) is 0.709. The highest BCUT2D eigenvalue weighted by atomic mass is 32.2. The van der Waals surface area contributed by atoms with Crippen molar-refractivity contribution in [2.24, 2.45) is 5.41 Å². The fourth-order valence-corrected chi connectivity index (χ4v) is 1.44. The molecule has 1 N–H and O–H groups in total. The fraction of sp³-hybridized carbons (Fsp3) is 0.500. The van der Waals surface area contributed by atoms with E-state index >= 15 is 0 Å². The average Bonchev–Trinajstić information content (AvgIpc) is 1.88. The van der Waals surface area contributed by atoms with Gasteiger partial charge in [-0.05, 0) is 23.4 Å². The van der Waals surface area contributed by atoms with Gasteiger partial charge in [-0.1, -0.05) is 26.8 Å². The number of allylic oxidation sites excluding steroid dienone is 3. The molecule has 0 unspecified atom stereocenters. The Morgan fingerprint density at radius 3 is 2.40 bits per heavy atom. The first kappa shape index (κ1) is 7.73. The molecule has 0 atom stereocenters. The SMILES string of the molecule is CC(C)(C)C1=CC=CSN1. The van der Waals surface area contributed by atoms with Gasteiger partial charge in [0.05, 0.1) is 0 Å². The lowest BCUT2D eigenvalue weighted by molar-refractivity contribution is 0.488. The van der Waals surface area contributed by atoms with Crippen LogP contribution < -0.4 is 4.72 Å². The number of hydrogen-bond donors (Lipinski definition) is 1. The van der Waals surface area contributed by atoms with Crippen molar-refractivity contribution in [3.63, 3.8) is 0 Å². The molecule has 0 aromatic heterocycles. The Balaban J connectivity index is 2.72. The van der Waals surface area contributed by atoms with Crippen LogP contribution in [-0.2, 0) is 0 Å². The zero-order valence-corrected chi connectivity index (χ0v) is 7.46. The van der Waals surface area contributed by atoms with Gasteiger partial charge in [0, 0.05) is 11.1 Å². The van der Waals surface area contributed by atoms with Crippen LogP contribution in [0, 0.1) is 5.41 Å². The Hall–Kier alpha value is -0.370. The van der Waals surface area contributed by atoms with Gasteiger partial charge in [0.15, 0.2) is 0 Å². The Bertz CT molecular complexity index is 174. The van der Waals surface area contributed by atoms with Crippen LogP contribution in [0.4, 0.5) is 0 Å². The molecule has 0 saturated carbocycles. The van der Waals surface area contributed by atoms with Crippen molar-refractivity contribution in [2.75, 3.05) is 0 Å². The van der Waals surface area contributed by atoms with Gasteiger partial charge in [0.2, 0.25) is 0 Å². The molecule has 0 saturated heterocycles. The molecule has 0 spiro atoms. The van der Waals surface area contributed by atoms with Crippen LogP contribution >= 0.6 is 11.9 Å². The lowest BCUT2D eigenvalue weighted by Gasteiger charge is -2.24. The normalized spacial score (nSPS) is 18.1. The van der Waals surface area contributed by atoms with Gasteiger partial charge >= 0.3 is 0 Å². The largest absolute Gasteiger partial charge is 0.329 e. The minimum absolute atomic E-state index is 0.248. The van der Waals surface area contributed by atoms with Crippen LogP contribution in [0.5, 0.6) is 0 Å². The smallest absolute Gasteiger partial charge is 0.0267 e. The van der Waals surface area contributed by atoms with Crippen molar-refractivity contribution in [1.29, 1.82) is 0 Å². The molecule has 56 valence electrons. The van der Waals surface area contributed by atoms with Crippen LogP contribution in [0.2, 0.25) is 0 Å². The summed E-state index contributed by atoms with van der Waals surface area (Å²) in [6.07, 6.45) is 4.19. The molecule has 1 aliphatic heterocycles.